The molecule has 0 amide bonds. The van der Waals surface area contributed by atoms with Crippen molar-refractivity contribution in [1.29, 1.82) is 0 Å². The zero-order valence-corrected chi connectivity index (χ0v) is 25.7. The van der Waals surface area contributed by atoms with Crippen molar-refractivity contribution in [3.63, 3.8) is 0 Å². The van der Waals surface area contributed by atoms with Crippen LogP contribution in [-0.2, 0) is 36.5 Å². The van der Waals surface area contributed by atoms with Crippen LogP contribution in [0.25, 0.3) is 11.0 Å². The number of nitrogens with zero attached hydrogens (tertiary/aromatic N) is 4. The molecule has 0 spiro atoms. The first-order chi connectivity index (χ1) is 20.0. The molecule has 2 saturated carbocycles. The summed E-state index contributed by atoms with van der Waals surface area (Å²) in [4.78, 5) is 23.4. The fourth-order valence-electron chi connectivity index (χ4n) is 4.98. The van der Waals surface area contributed by atoms with Gasteiger partial charge in [-0.3, -0.25) is 0 Å². The van der Waals surface area contributed by atoms with E-state index in [0.29, 0.717) is 35.1 Å². The number of carbonyl (C=O) groups excluding carboxylic acids is 2. The monoisotopic (exact) mass is 675 g/mol. The number of ether oxygens (including phenoxy) is 3. The van der Waals surface area contributed by atoms with E-state index in [1.807, 2.05) is 47.0 Å². The maximum atomic E-state index is 11.9. The third kappa shape index (κ3) is 6.43. The number of esters is 2. The molecule has 2 aliphatic carbocycles. The fraction of sp³-hybridized carbons (Fsp3) is 0.281. The summed E-state index contributed by atoms with van der Waals surface area (Å²) < 4.78 is 19.0. The minimum atomic E-state index is -0.410. The van der Waals surface area contributed by atoms with Crippen LogP contribution < -0.4 is 4.74 Å². The second-order valence-corrected chi connectivity index (χ2v) is 10.2. The first-order valence-corrected chi connectivity index (χ1v) is 13.5. The van der Waals surface area contributed by atoms with Crippen LogP contribution in [0.5, 0.6) is 11.5 Å². The van der Waals surface area contributed by atoms with Gasteiger partial charge in [-0.25, -0.2) is 18.6 Å². The Morgan fingerprint density at radius 1 is 0.791 bits per heavy atom. The quantitative estimate of drug-likeness (QED) is 0.132. The summed E-state index contributed by atoms with van der Waals surface area (Å²) >= 11 is 0. The minimum Gasteiger partial charge on any atom is -0.506 e. The number of carbonyl (C=O) groups is 2. The van der Waals surface area contributed by atoms with Crippen molar-refractivity contribution in [2.24, 2.45) is 0 Å². The Labute approximate surface area is 263 Å². The number of fused-ring (bicyclic) bond motifs is 2. The number of hydrogen-bond donors (Lipinski definition) is 1. The first-order valence-electron chi connectivity index (χ1n) is 13.5. The van der Waals surface area contributed by atoms with E-state index in [9.17, 15) is 14.7 Å². The number of aromatic nitrogens is 4. The van der Waals surface area contributed by atoms with E-state index in [1.165, 1.54) is 20.4 Å². The Morgan fingerprint density at radius 3 is 1.84 bits per heavy atom. The van der Waals surface area contributed by atoms with Gasteiger partial charge >= 0.3 is 11.9 Å². The van der Waals surface area contributed by atoms with Gasteiger partial charge in [-0.2, -0.15) is 10.2 Å². The van der Waals surface area contributed by atoms with Crippen LogP contribution in [-0.4, -0.2) is 50.5 Å². The average Bonchev–Trinajstić information content (AvgIpc) is 3.94. The first kappa shape index (κ1) is 31.7. The van der Waals surface area contributed by atoms with Gasteiger partial charge in [0.2, 0.25) is 0 Å². The van der Waals surface area contributed by atoms with E-state index < -0.39 is 5.97 Å². The molecule has 1 aromatic carbocycles. The van der Waals surface area contributed by atoms with Gasteiger partial charge in [-0.15, -0.1) is 0 Å². The summed E-state index contributed by atoms with van der Waals surface area (Å²) in [5.41, 5.74) is 5.29. The normalized spacial score (nSPS) is 13.7. The van der Waals surface area contributed by atoms with Gasteiger partial charge in [0.25, 0.3) is 0 Å². The molecule has 0 atom stereocenters. The molecular formula is C32H33N4O6Pd-. The van der Waals surface area contributed by atoms with Crippen LogP contribution in [0.15, 0.2) is 67.0 Å². The van der Waals surface area contributed by atoms with Gasteiger partial charge in [-0.1, -0.05) is 30.3 Å². The summed E-state index contributed by atoms with van der Waals surface area (Å²) in [6.07, 6.45) is 7.39. The molecular weight excluding hydrogens is 643 g/mol. The Hall–Kier alpha value is -4.20. The van der Waals surface area contributed by atoms with Gasteiger partial charge in [0.15, 0.2) is 0 Å². The van der Waals surface area contributed by atoms with Gasteiger partial charge in [0.1, 0.15) is 29.2 Å². The van der Waals surface area contributed by atoms with Gasteiger partial charge < -0.3 is 26.7 Å². The molecule has 2 fully saturated rings. The molecule has 7 rings (SSSR count). The fourth-order valence-corrected chi connectivity index (χ4v) is 4.98. The Morgan fingerprint density at radius 2 is 1.30 bits per heavy atom. The van der Waals surface area contributed by atoms with Crippen molar-refractivity contribution < 1.29 is 49.3 Å². The molecule has 1 N–H and O–H groups in total. The Bertz CT molecular complexity index is 1740. The molecule has 11 heteroatoms. The number of methoxy groups -OCH3 is 2. The van der Waals surface area contributed by atoms with Crippen molar-refractivity contribution >= 4 is 23.0 Å². The van der Waals surface area contributed by atoms with Crippen LogP contribution in [0.2, 0.25) is 0 Å². The smallest absolute Gasteiger partial charge is 0.341 e. The summed E-state index contributed by atoms with van der Waals surface area (Å²) in [6.45, 7) is 0.511. The van der Waals surface area contributed by atoms with Crippen LogP contribution in [0.4, 0.5) is 0 Å². The third-order valence-corrected chi connectivity index (χ3v) is 7.35. The van der Waals surface area contributed by atoms with Gasteiger partial charge in [-0.05, 0) is 55.5 Å². The molecule has 0 aliphatic heterocycles. The van der Waals surface area contributed by atoms with E-state index in [4.69, 9.17) is 14.2 Å². The summed E-state index contributed by atoms with van der Waals surface area (Å²) in [7, 11) is 2.72. The Kier molecular flexibility index (Phi) is 9.89. The van der Waals surface area contributed by atoms with Gasteiger partial charge in [0.05, 0.1) is 49.0 Å². The van der Waals surface area contributed by atoms with Crippen LogP contribution in [0.3, 0.4) is 0 Å². The van der Waals surface area contributed by atoms with Crippen molar-refractivity contribution in [1.82, 2.24) is 19.2 Å². The van der Waals surface area contributed by atoms with Crippen LogP contribution in [0.1, 0.15) is 75.2 Å². The molecule has 0 saturated heterocycles. The number of rotatable bonds is 7. The number of benzene rings is 1. The number of pyridine rings is 2. The number of aromatic hydroxyl groups is 1. The molecule has 10 nitrogen and oxygen atoms in total. The molecule has 5 aromatic rings. The zero-order valence-electron chi connectivity index (χ0n) is 24.1. The summed E-state index contributed by atoms with van der Waals surface area (Å²) in [5, 5.41) is 18.4. The molecule has 228 valence electrons. The number of hydrogen-bond acceptors (Lipinski definition) is 8. The Balaban J connectivity index is 0.000000198. The largest absolute Gasteiger partial charge is 0.506 e. The zero-order chi connectivity index (χ0) is 28.5. The van der Waals surface area contributed by atoms with Crippen molar-refractivity contribution in [2.45, 2.75) is 44.1 Å². The average molecular weight is 676 g/mol. The summed E-state index contributed by atoms with van der Waals surface area (Å²) in [5.74, 6) is 1.07. The molecule has 4 heterocycles. The second-order valence-electron chi connectivity index (χ2n) is 10.2. The maximum Gasteiger partial charge on any atom is 0.341 e. The molecule has 4 aromatic heterocycles. The van der Waals surface area contributed by atoms with E-state index in [1.54, 1.807) is 22.8 Å². The molecule has 43 heavy (non-hydrogen) atoms. The van der Waals surface area contributed by atoms with E-state index >= 15 is 0 Å². The van der Waals surface area contributed by atoms with Crippen molar-refractivity contribution in [2.75, 3.05) is 14.2 Å². The molecule has 0 unspecified atom stereocenters. The van der Waals surface area contributed by atoms with Gasteiger partial charge in [0, 0.05) is 32.3 Å². The third-order valence-electron chi connectivity index (χ3n) is 7.35. The topological polar surface area (TPSA) is 117 Å². The van der Waals surface area contributed by atoms with E-state index in [0.717, 1.165) is 53.9 Å². The minimum absolute atomic E-state index is 0. The standard InChI is InChI=1S/C19H18N2O3.C12H12N2O3.CH3.Pd/c1-23-19(22)15-11-20-21-16(15)9-10-17(18(21)14-7-8-14)24-12-13-5-3-2-4-6-13;1-17-12(16)8-6-13-14-9(8)4-5-10(15)11(14)7-2-3-7;;/h2-6,9-11,14H,7-8,12H2,1H3;4-7,15H,2-3H2,1H3;1H3;/q;;-1;. The van der Waals surface area contributed by atoms with Crippen LogP contribution in [0, 0.1) is 7.43 Å². The van der Waals surface area contributed by atoms with Crippen molar-refractivity contribution in [3.05, 3.63) is 102 Å². The predicted octanol–water partition coefficient (Wildman–Crippen LogP) is 5.73. The van der Waals surface area contributed by atoms with Crippen molar-refractivity contribution in [3.8, 4) is 11.5 Å². The van der Waals surface area contributed by atoms with Crippen LogP contribution >= 0.6 is 0 Å². The SMILES string of the molecule is COC(=O)c1cnn2c(C3CC3)c(O)ccc12.COC(=O)c1cnn2c(C3CC3)c(OCc3ccccc3)ccc12.[CH3-].[Pd]. The predicted molar refractivity (Wildman–Crippen MR) is 156 cm³/mol. The maximum absolute atomic E-state index is 11.9. The summed E-state index contributed by atoms with van der Waals surface area (Å²) in [6, 6.07) is 17.2. The van der Waals surface area contributed by atoms with E-state index in [2.05, 4.69) is 10.2 Å². The second kappa shape index (κ2) is 13.4. The molecule has 2 aliphatic rings. The molecule has 0 radical (unpaired) electrons. The van der Waals surface area contributed by atoms with E-state index in [-0.39, 0.29) is 39.6 Å². The molecule has 0 bridgehead atoms.